The number of nitrogens with zero attached hydrogens (tertiary/aromatic N) is 3. The number of benzene rings is 2. The summed E-state index contributed by atoms with van der Waals surface area (Å²) in [5, 5.41) is 18.1. The molecule has 0 atom stereocenters. The molecule has 1 aromatic heterocycles. The lowest BCUT2D eigenvalue weighted by Crippen LogP contribution is -2.16. The van der Waals surface area contributed by atoms with Gasteiger partial charge in [-0.05, 0) is 18.2 Å². The van der Waals surface area contributed by atoms with Crippen LogP contribution in [0.1, 0.15) is 0 Å². The molecule has 0 bridgehead atoms. The molecule has 2 aromatic carbocycles. The number of nitro benzene ring substituents is 1. The van der Waals surface area contributed by atoms with Crippen LogP contribution in [-0.4, -0.2) is 19.9 Å². The van der Waals surface area contributed by atoms with Crippen LogP contribution in [0.5, 0.6) is 0 Å². The summed E-state index contributed by atoms with van der Waals surface area (Å²) in [5.41, 5.74) is 0.204. The Labute approximate surface area is 128 Å². The van der Waals surface area contributed by atoms with Crippen molar-refractivity contribution in [2.45, 2.75) is 0 Å². The molecule has 110 valence electrons. The van der Waals surface area contributed by atoms with Gasteiger partial charge in [-0.1, -0.05) is 35.9 Å². The van der Waals surface area contributed by atoms with Crippen molar-refractivity contribution in [1.82, 2.24) is 15.0 Å². The molecule has 1 heterocycles. The molecule has 0 saturated heterocycles. The van der Waals surface area contributed by atoms with E-state index in [1.54, 1.807) is 30.3 Å². The van der Waals surface area contributed by atoms with E-state index in [4.69, 9.17) is 11.6 Å². The van der Waals surface area contributed by atoms with Crippen molar-refractivity contribution >= 4 is 17.3 Å². The van der Waals surface area contributed by atoms with E-state index >= 15 is 0 Å². The highest BCUT2D eigenvalue weighted by atomic mass is 35.5. The smallest absolute Gasteiger partial charge is 0.265 e. The van der Waals surface area contributed by atoms with Crippen molar-refractivity contribution in [2.75, 3.05) is 0 Å². The average Bonchev–Trinajstić information content (AvgIpc) is 2.89. The molecule has 0 aliphatic heterocycles. The average molecular weight is 317 g/mol. The van der Waals surface area contributed by atoms with Crippen LogP contribution in [0.4, 0.5) is 5.69 Å². The third kappa shape index (κ3) is 2.38. The third-order valence-corrected chi connectivity index (χ3v) is 3.36. The molecule has 0 unspecified atom stereocenters. The molecule has 0 spiro atoms. The van der Waals surface area contributed by atoms with Gasteiger partial charge in [0, 0.05) is 16.7 Å². The number of para-hydroxylation sites is 2. The summed E-state index contributed by atoms with van der Waals surface area (Å²) in [7, 11) is 0. The maximum atomic E-state index is 12.4. The van der Waals surface area contributed by atoms with Crippen molar-refractivity contribution in [1.29, 1.82) is 0 Å². The van der Waals surface area contributed by atoms with Gasteiger partial charge in [0.2, 0.25) is 0 Å². The fraction of sp³-hybridized carbons (Fsp3) is 0. The zero-order valence-corrected chi connectivity index (χ0v) is 11.8. The number of nitrogens with one attached hydrogen (secondary N) is 1. The molecule has 0 fully saturated rings. The van der Waals surface area contributed by atoms with Crippen LogP contribution in [0, 0.1) is 10.1 Å². The SMILES string of the molecule is O=c1c(-c2ccc(Cl)cc2)n[nH]n1-c1ccccc1[N+](=O)[O-]. The Kier molecular flexibility index (Phi) is 3.48. The summed E-state index contributed by atoms with van der Waals surface area (Å²) in [6, 6.07) is 12.5. The summed E-state index contributed by atoms with van der Waals surface area (Å²) in [6.07, 6.45) is 0. The van der Waals surface area contributed by atoms with Gasteiger partial charge in [-0.25, -0.2) is 5.21 Å². The fourth-order valence-electron chi connectivity index (χ4n) is 2.07. The highest BCUT2D eigenvalue weighted by Crippen LogP contribution is 2.21. The van der Waals surface area contributed by atoms with Crippen molar-refractivity contribution in [3.63, 3.8) is 0 Å². The van der Waals surface area contributed by atoms with Gasteiger partial charge in [-0.15, -0.1) is 0 Å². The van der Waals surface area contributed by atoms with E-state index in [1.807, 2.05) is 0 Å². The molecule has 0 radical (unpaired) electrons. The standard InChI is InChI=1S/C14H9ClN4O3/c15-10-7-5-9(6-8-10)13-14(20)18(17-16-13)11-3-1-2-4-12(11)19(21)22/h1-8,17H. The van der Waals surface area contributed by atoms with Crippen LogP contribution >= 0.6 is 11.6 Å². The second kappa shape index (κ2) is 5.45. The van der Waals surface area contributed by atoms with E-state index < -0.39 is 10.5 Å². The second-order valence-electron chi connectivity index (χ2n) is 4.45. The Morgan fingerprint density at radius 3 is 2.50 bits per heavy atom. The Morgan fingerprint density at radius 2 is 1.82 bits per heavy atom. The second-order valence-corrected chi connectivity index (χ2v) is 4.89. The van der Waals surface area contributed by atoms with E-state index in [2.05, 4.69) is 10.3 Å². The van der Waals surface area contributed by atoms with Crippen LogP contribution in [0.2, 0.25) is 5.02 Å². The van der Waals surface area contributed by atoms with Gasteiger partial charge >= 0.3 is 0 Å². The minimum atomic E-state index is -0.551. The van der Waals surface area contributed by atoms with Crippen molar-refractivity contribution in [3.8, 4) is 16.9 Å². The minimum Gasteiger partial charge on any atom is -0.265 e. The van der Waals surface area contributed by atoms with E-state index in [0.717, 1.165) is 4.68 Å². The van der Waals surface area contributed by atoms with Gasteiger partial charge in [-0.2, -0.15) is 9.78 Å². The Hall–Kier alpha value is -2.93. The highest BCUT2D eigenvalue weighted by molar-refractivity contribution is 6.30. The molecular formula is C14H9ClN4O3. The van der Waals surface area contributed by atoms with Gasteiger partial charge in [0.25, 0.3) is 11.2 Å². The molecule has 22 heavy (non-hydrogen) atoms. The zero-order chi connectivity index (χ0) is 15.7. The molecular weight excluding hydrogens is 308 g/mol. The number of H-pyrrole nitrogens is 1. The zero-order valence-electron chi connectivity index (χ0n) is 11.1. The third-order valence-electron chi connectivity index (χ3n) is 3.10. The molecule has 7 nitrogen and oxygen atoms in total. The molecule has 1 N–H and O–H groups in total. The predicted octanol–water partition coefficient (Wildman–Crippen LogP) is 2.79. The van der Waals surface area contributed by atoms with Crippen LogP contribution < -0.4 is 5.56 Å². The molecule has 0 saturated carbocycles. The molecule has 3 rings (SSSR count). The van der Waals surface area contributed by atoms with Crippen molar-refractivity contribution in [3.05, 3.63) is 74.0 Å². The molecule has 3 aromatic rings. The maximum Gasteiger partial charge on any atom is 0.299 e. The quantitative estimate of drug-likeness (QED) is 0.594. The van der Waals surface area contributed by atoms with Gasteiger partial charge in [0.15, 0.2) is 5.69 Å². The summed E-state index contributed by atoms with van der Waals surface area (Å²) in [6.45, 7) is 0. The monoisotopic (exact) mass is 316 g/mol. The van der Waals surface area contributed by atoms with Crippen LogP contribution in [-0.2, 0) is 0 Å². The first-order valence-corrected chi connectivity index (χ1v) is 6.63. The Bertz CT molecular complexity index is 899. The maximum absolute atomic E-state index is 12.4. The number of halogens is 1. The summed E-state index contributed by atoms with van der Waals surface area (Å²) in [5.74, 6) is 0. The van der Waals surface area contributed by atoms with Crippen molar-refractivity contribution in [2.24, 2.45) is 0 Å². The van der Waals surface area contributed by atoms with Crippen LogP contribution in [0.25, 0.3) is 16.9 Å². The first kappa shape index (κ1) is 14.0. The Morgan fingerprint density at radius 1 is 1.14 bits per heavy atom. The van der Waals surface area contributed by atoms with E-state index in [9.17, 15) is 14.9 Å². The molecule has 8 heteroatoms. The summed E-state index contributed by atoms with van der Waals surface area (Å²) < 4.78 is 1.04. The molecule has 0 aliphatic rings. The van der Waals surface area contributed by atoms with Gasteiger partial charge in [0.05, 0.1) is 4.92 Å². The fourth-order valence-corrected chi connectivity index (χ4v) is 2.19. The molecule has 0 amide bonds. The normalized spacial score (nSPS) is 10.6. The number of rotatable bonds is 3. The number of aromatic amines is 1. The molecule has 0 aliphatic carbocycles. The lowest BCUT2D eigenvalue weighted by atomic mass is 10.2. The predicted molar refractivity (Wildman–Crippen MR) is 81.3 cm³/mol. The topological polar surface area (TPSA) is 93.8 Å². The number of hydrogen-bond donors (Lipinski definition) is 1. The van der Waals surface area contributed by atoms with Gasteiger partial charge in [0.1, 0.15) is 5.69 Å². The van der Waals surface area contributed by atoms with Gasteiger partial charge < -0.3 is 0 Å². The van der Waals surface area contributed by atoms with E-state index in [-0.39, 0.29) is 17.1 Å². The van der Waals surface area contributed by atoms with E-state index in [1.165, 1.54) is 18.2 Å². The number of nitro groups is 1. The first-order valence-electron chi connectivity index (χ1n) is 6.25. The van der Waals surface area contributed by atoms with Crippen LogP contribution in [0.3, 0.4) is 0 Å². The number of aromatic nitrogens is 3. The summed E-state index contributed by atoms with van der Waals surface area (Å²) in [4.78, 5) is 23.0. The van der Waals surface area contributed by atoms with Crippen molar-refractivity contribution < 1.29 is 4.92 Å². The summed E-state index contributed by atoms with van der Waals surface area (Å²) >= 11 is 5.81. The van der Waals surface area contributed by atoms with Crippen LogP contribution in [0.15, 0.2) is 53.3 Å². The number of hydrogen-bond acceptors (Lipinski definition) is 4. The van der Waals surface area contributed by atoms with E-state index in [0.29, 0.717) is 10.6 Å². The Balaban J connectivity index is 2.14. The van der Waals surface area contributed by atoms with Gasteiger partial charge in [-0.3, -0.25) is 14.9 Å². The lowest BCUT2D eigenvalue weighted by Gasteiger charge is -2.01. The first-order chi connectivity index (χ1) is 10.6. The lowest BCUT2D eigenvalue weighted by molar-refractivity contribution is -0.384. The highest BCUT2D eigenvalue weighted by Gasteiger charge is 2.19. The minimum absolute atomic E-state index is 0.130. The largest absolute Gasteiger partial charge is 0.299 e.